The van der Waals surface area contributed by atoms with E-state index in [0.29, 0.717) is 12.4 Å². The molecule has 2 aromatic carbocycles. The van der Waals surface area contributed by atoms with Crippen LogP contribution in [0.5, 0.6) is 5.75 Å². The summed E-state index contributed by atoms with van der Waals surface area (Å²) < 4.78 is 31.9. The smallest absolute Gasteiger partial charge is 0.248 e. The van der Waals surface area contributed by atoms with Gasteiger partial charge in [0.25, 0.3) is 0 Å². The van der Waals surface area contributed by atoms with Gasteiger partial charge in [0.2, 0.25) is 5.91 Å². The fraction of sp³-hybridized carbons (Fsp3) is 0.118. The van der Waals surface area contributed by atoms with Gasteiger partial charge in [0.1, 0.15) is 17.4 Å². The molecule has 0 fully saturated rings. The Labute approximate surface area is 127 Å². The van der Waals surface area contributed by atoms with E-state index < -0.39 is 17.5 Å². The second kappa shape index (κ2) is 7.36. The molecule has 114 valence electrons. The first-order valence-electron chi connectivity index (χ1n) is 6.76. The van der Waals surface area contributed by atoms with Gasteiger partial charge in [-0.15, -0.1) is 0 Å². The highest BCUT2D eigenvalue weighted by atomic mass is 19.1. The number of nitrogens with one attached hydrogen (secondary N) is 1. The number of hydrogen-bond acceptors (Lipinski definition) is 2. The van der Waals surface area contributed by atoms with Gasteiger partial charge in [0.15, 0.2) is 0 Å². The van der Waals surface area contributed by atoms with Crippen molar-refractivity contribution < 1.29 is 18.3 Å². The molecule has 0 atom stereocenters. The Balaban J connectivity index is 2.10. The van der Waals surface area contributed by atoms with E-state index in [1.54, 1.807) is 18.2 Å². The molecule has 0 saturated carbocycles. The molecule has 0 spiro atoms. The van der Waals surface area contributed by atoms with E-state index in [1.807, 2.05) is 19.1 Å². The summed E-state index contributed by atoms with van der Waals surface area (Å²) in [6, 6.07) is 10.1. The van der Waals surface area contributed by atoms with Crippen molar-refractivity contribution in [2.75, 3.05) is 11.9 Å². The molecule has 1 amide bonds. The molecule has 0 saturated heterocycles. The van der Waals surface area contributed by atoms with Crippen molar-refractivity contribution in [3.05, 3.63) is 65.7 Å². The molecule has 0 aliphatic rings. The number of anilines is 1. The Morgan fingerprint density at radius 1 is 1.23 bits per heavy atom. The highest BCUT2D eigenvalue weighted by Crippen LogP contribution is 2.20. The lowest BCUT2D eigenvalue weighted by Crippen LogP contribution is -2.09. The van der Waals surface area contributed by atoms with Crippen LogP contribution < -0.4 is 10.1 Å². The zero-order valence-corrected chi connectivity index (χ0v) is 12.0. The molecule has 2 aromatic rings. The first-order valence-corrected chi connectivity index (χ1v) is 6.76. The van der Waals surface area contributed by atoms with Gasteiger partial charge >= 0.3 is 0 Å². The standard InChI is InChI=1S/C17H15F2NO2/c1-2-22-16-6-4-3-5-12(16)7-10-17(21)20-15-11-13(18)8-9-14(15)19/h3-11H,2H2,1H3,(H,20,21)/b10-7+. The van der Waals surface area contributed by atoms with Gasteiger partial charge in [-0.3, -0.25) is 4.79 Å². The molecule has 0 aromatic heterocycles. The Bertz CT molecular complexity index is 699. The number of ether oxygens (including phenoxy) is 1. The first-order chi connectivity index (χ1) is 10.6. The summed E-state index contributed by atoms with van der Waals surface area (Å²) in [5, 5.41) is 2.29. The molecular formula is C17H15F2NO2. The molecule has 1 N–H and O–H groups in total. The lowest BCUT2D eigenvalue weighted by atomic mass is 10.2. The number of carbonyl (C=O) groups is 1. The zero-order valence-electron chi connectivity index (χ0n) is 12.0. The number of rotatable bonds is 5. The third kappa shape index (κ3) is 4.15. The molecule has 5 heteroatoms. The van der Waals surface area contributed by atoms with Crippen LogP contribution in [0.15, 0.2) is 48.5 Å². The highest BCUT2D eigenvalue weighted by molar-refractivity contribution is 6.02. The van der Waals surface area contributed by atoms with E-state index in [9.17, 15) is 13.6 Å². The maximum absolute atomic E-state index is 13.4. The Hall–Kier alpha value is -2.69. The molecule has 22 heavy (non-hydrogen) atoms. The van der Waals surface area contributed by atoms with Crippen LogP contribution in [0.25, 0.3) is 6.08 Å². The molecular weight excluding hydrogens is 288 g/mol. The average Bonchev–Trinajstić information content (AvgIpc) is 2.50. The van der Waals surface area contributed by atoms with Gasteiger partial charge < -0.3 is 10.1 Å². The molecule has 0 bridgehead atoms. The van der Waals surface area contributed by atoms with E-state index in [0.717, 1.165) is 23.8 Å². The summed E-state index contributed by atoms with van der Waals surface area (Å²) in [6.07, 6.45) is 2.79. The number of benzene rings is 2. The third-order valence-corrected chi connectivity index (χ3v) is 2.82. The fourth-order valence-corrected chi connectivity index (χ4v) is 1.84. The van der Waals surface area contributed by atoms with Crippen LogP contribution in [0.4, 0.5) is 14.5 Å². The van der Waals surface area contributed by atoms with Gasteiger partial charge in [-0.1, -0.05) is 18.2 Å². The highest BCUT2D eigenvalue weighted by Gasteiger charge is 2.06. The summed E-state index contributed by atoms with van der Waals surface area (Å²) in [6.45, 7) is 2.37. The van der Waals surface area contributed by atoms with Crippen LogP contribution in [0.1, 0.15) is 12.5 Å². The van der Waals surface area contributed by atoms with Gasteiger partial charge in [0.05, 0.1) is 12.3 Å². The monoisotopic (exact) mass is 303 g/mol. The molecule has 0 radical (unpaired) electrons. The maximum Gasteiger partial charge on any atom is 0.248 e. The Kier molecular flexibility index (Phi) is 5.25. The molecule has 2 rings (SSSR count). The largest absolute Gasteiger partial charge is 0.493 e. The van der Waals surface area contributed by atoms with Crippen molar-refractivity contribution >= 4 is 17.7 Å². The first kappa shape index (κ1) is 15.7. The van der Waals surface area contributed by atoms with E-state index in [-0.39, 0.29) is 5.69 Å². The van der Waals surface area contributed by atoms with Crippen LogP contribution in [0, 0.1) is 11.6 Å². The van der Waals surface area contributed by atoms with Crippen molar-refractivity contribution in [1.29, 1.82) is 0 Å². The zero-order chi connectivity index (χ0) is 15.9. The maximum atomic E-state index is 13.4. The minimum atomic E-state index is -0.696. The molecule has 0 unspecified atom stereocenters. The van der Waals surface area contributed by atoms with Crippen LogP contribution in [0.2, 0.25) is 0 Å². The normalized spacial score (nSPS) is 10.7. The average molecular weight is 303 g/mol. The van der Waals surface area contributed by atoms with Crippen molar-refractivity contribution in [2.45, 2.75) is 6.92 Å². The number of para-hydroxylation sites is 1. The van der Waals surface area contributed by atoms with Gasteiger partial charge in [-0.05, 0) is 31.2 Å². The fourth-order valence-electron chi connectivity index (χ4n) is 1.84. The number of amides is 1. The lowest BCUT2D eigenvalue weighted by molar-refractivity contribution is -0.111. The van der Waals surface area contributed by atoms with Crippen LogP contribution in [-0.2, 0) is 4.79 Å². The van der Waals surface area contributed by atoms with E-state index in [1.165, 1.54) is 6.08 Å². The minimum absolute atomic E-state index is 0.201. The topological polar surface area (TPSA) is 38.3 Å². The summed E-state index contributed by atoms with van der Waals surface area (Å²) in [5.74, 6) is -1.23. The SMILES string of the molecule is CCOc1ccccc1/C=C/C(=O)Nc1cc(F)ccc1F. The summed E-state index contributed by atoms with van der Waals surface area (Å²) >= 11 is 0. The number of halogens is 2. The van der Waals surface area contributed by atoms with Crippen molar-refractivity contribution in [2.24, 2.45) is 0 Å². The van der Waals surface area contributed by atoms with Crippen LogP contribution in [0.3, 0.4) is 0 Å². The second-order valence-electron chi connectivity index (χ2n) is 4.42. The Morgan fingerprint density at radius 3 is 2.77 bits per heavy atom. The molecule has 0 aliphatic heterocycles. The van der Waals surface area contributed by atoms with Gasteiger partial charge in [-0.25, -0.2) is 8.78 Å². The molecule has 0 aliphatic carbocycles. The van der Waals surface area contributed by atoms with Gasteiger partial charge in [0, 0.05) is 17.7 Å². The van der Waals surface area contributed by atoms with Crippen molar-refractivity contribution in [3.8, 4) is 5.75 Å². The molecule has 0 heterocycles. The number of hydrogen-bond donors (Lipinski definition) is 1. The molecule has 3 nitrogen and oxygen atoms in total. The van der Waals surface area contributed by atoms with Crippen molar-refractivity contribution in [1.82, 2.24) is 0 Å². The minimum Gasteiger partial charge on any atom is -0.493 e. The second-order valence-corrected chi connectivity index (χ2v) is 4.42. The number of carbonyl (C=O) groups excluding carboxylic acids is 1. The lowest BCUT2D eigenvalue weighted by Gasteiger charge is -2.06. The van der Waals surface area contributed by atoms with Crippen molar-refractivity contribution in [3.63, 3.8) is 0 Å². The van der Waals surface area contributed by atoms with Crippen LogP contribution in [-0.4, -0.2) is 12.5 Å². The summed E-state index contributed by atoms with van der Waals surface area (Å²) in [4.78, 5) is 11.8. The summed E-state index contributed by atoms with van der Waals surface area (Å²) in [7, 11) is 0. The van der Waals surface area contributed by atoms with Crippen LogP contribution >= 0.6 is 0 Å². The third-order valence-electron chi connectivity index (χ3n) is 2.82. The quantitative estimate of drug-likeness (QED) is 0.847. The van der Waals surface area contributed by atoms with Gasteiger partial charge in [-0.2, -0.15) is 0 Å². The summed E-state index contributed by atoms with van der Waals surface area (Å²) in [5.41, 5.74) is 0.520. The van der Waals surface area contributed by atoms with E-state index in [2.05, 4.69) is 5.32 Å². The predicted molar refractivity (Wildman–Crippen MR) is 81.6 cm³/mol. The van der Waals surface area contributed by atoms with E-state index >= 15 is 0 Å². The Morgan fingerprint density at radius 2 is 2.00 bits per heavy atom. The predicted octanol–water partition coefficient (Wildman–Crippen LogP) is 4.02. The van der Waals surface area contributed by atoms with E-state index in [4.69, 9.17) is 4.74 Å².